The molecule has 0 bridgehead atoms. The Labute approximate surface area is 138 Å². The highest BCUT2D eigenvalue weighted by molar-refractivity contribution is 5.91. The maximum atomic E-state index is 12.7. The van der Waals surface area contributed by atoms with Crippen molar-refractivity contribution in [3.05, 3.63) is 23.2 Å². The van der Waals surface area contributed by atoms with Gasteiger partial charge in [-0.25, -0.2) is 0 Å². The number of carbonyl (C=O) groups is 1. The van der Waals surface area contributed by atoms with E-state index < -0.39 is 6.10 Å². The fraction of sp³-hybridized carbons (Fsp3) is 0.706. The number of hydrogen-bond acceptors (Lipinski definition) is 5. The van der Waals surface area contributed by atoms with E-state index in [4.69, 9.17) is 9.15 Å². The first-order chi connectivity index (χ1) is 11.1. The lowest BCUT2D eigenvalue weighted by molar-refractivity contribution is 0.0525. The van der Waals surface area contributed by atoms with Gasteiger partial charge in [-0.3, -0.25) is 9.69 Å². The van der Waals surface area contributed by atoms with Crippen LogP contribution in [0.4, 0.5) is 0 Å². The predicted octanol–water partition coefficient (Wildman–Crippen LogP) is 1.52. The second-order valence-electron chi connectivity index (χ2n) is 5.85. The third-order valence-corrected chi connectivity index (χ3v) is 4.25. The summed E-state index contributed by atoms with van der Waals surface area (Å²) in [6.45, 7) is 10.5. The smallest absolute Gasteiger partial charge is 0.289 e. The second-order valence-corrected chi connectivity index (χ2v) is 5.85. The molecule has 1 aliphatic heterocycles. The Bertz CT molecular complexity index is 511. The van der Waals surface area contributed by atoms with Gasteiger partial charge in [0.2, 0.25) is 0 Å². The second kappa shape index (κ2) is 8.47. The summed E-state index contributed by atoms with van der Waals surface area (Å²) in [7, 11) is 0. The molecule has 1 aliphatic rings. The summed E-state index contributed by atoms with van der Waals surface area (Å²) in [6, 6.07) is 1.86. The van der Waals surface area contributed by atoms with Gasteiger partial charge in [0.1, 0.15) is 5.76 Å². The molecule has 23 heavy (non-hydrogen) atoms. The standard InChI is InChI=1S/C17H28N2O4/c1-4-15-13(10-18(5-2)6-3)9-16(23-15)17(21)19-7-8-22-12-14(20)11-19/h9,14,20H,4-8,10-12H2,1-3H3/t14-/m1/s1. The monoisotopic (exact) mass is 324 g/mol. The molecule has 0 radical (unpaired) electrons. The van der Waals surface area contributed by atoms with Gasteiger partial charge >= 0.3 is 0 Å². The average molecular weight is 324 g/mol. The highest BCUT2D eigenvalue weighted by atomic mass is 16.5. The van der Waals surface area contributed by atoms with Crippen LogP contribution in [0.3, 0.4) is 0 Å². The Morgan fingerprint density at radius 3 is 2.78 bits per heavy atom. The molecule has 0 unspecified atom stereocenters. The molecule has 1 N–H and O–H groups in total. The normalized spacial score (nSPS) is 19.2. The number of aliphatic hydroxyl groups excluding tert-OH is 1. The van der Waals surface area contributed by atoms with Crippen LogP contribution in [0.25, 0.3) is 0 Å². The number of ether oxygens (including phenoxy) is 1. The highest BCUT2D eigenvalue weighted by Crippen LogP contribution is 2.20. The van der Waals surface area contributed by atoms with Crippen LogP contribution < -0.4 is 0 Å². The largest absolute Gasteiger partial charge is 0.456 e. The van der Waals surface area contributed by atoms with Crippen LogP contribution in [-0.4, -0.2) is 66.3 Å². The fourth-order valence-corrected chi connectivity index (χ4v) is 2.83. The molecule has 0 aromatic carbocycles. The Balaban J connectivity index is 2.15. The van der Waals surface area contributed by atoms with Gasteiger partial charge in [0.25, 0.3) is 5.91 Å². The molecule has 0 saturated carbocycles. The number of rotatable bonds is 6. The maximum Gasteiger partial charge on any atom is 0.289 e. The first-order valence-electron chi connectivity index (χ1n) is 8.47. The van der Waals surface area contributed by atoms with Crippen molar-refractivity contribution in [3.63, 3.8) is 0 Å². The molecule has 1 aromatic rings. The van der Waals surface area contributed by atoms with Gasteiger partial charge < -0.3 is 19.2 Å². The van der Waals surface area contributed by atoms with E-state index in [1.54, 1.807) is 4.90 Å². The molecule has 130 valence electrons. The lowest BCUT2D eigenvalue weighted by atomic mass is 10.2. The van der Waals surface area contributed by atoms with Crippen LogP contribution in [0.1, 0.15) is 42.6 Å². The number of furan rings is 1. The van der Waals surface area contributed by atoms with Crippen LogP contribution in [0.15, 0.2) is 10.5 Å². The first-order valence-corrected chi connectivity index (χ1v) is 8.47. The summed E-state index contributed by atoms with van der Waals surface area (Å²) in [6.07, 6.45) is 0.118. The molecule has 0 spiro atoms. The third-order valence-electron chi connectivity index (χ3n) is 4.25. The van der Waals surface area contributed by atoms with Crippen LogP contribution in [0.5, 0.6) is 0 Å². The van der Waals surface area contributed by atoms with Crippen molar-refractivity contribution in [2.75, 3.05) is 39.4 Å². The number of carbonyl (C=O) groups excluding carboxylic acids is 1. The van der Waals surface area contributed by atoms with Gasteiger partial charge in [-0.2, -0.15) is 0 Å². The fourth-order valence-electron chi connectivity index (χ4n) is 2.83. The number of nitrogens with zero attached hydrogens (tertiary/aromatic N) is 2. The summed E-state index contributed by atoms with van der Waals surface area (Å²) in [5.74, 6) is 1.06. The molecule has 1 atom stereocenters. The summed E-state index contributed by atoms with van der Waals surface area (Å²) >= 11 is 0. The topological polar surface area (TPSA) is 66.2 Å². The Hall–Kier alpha value is -1.37. The molecule has 6 nitrogen and oxygen atoms in total. The minimum atomic E-state index is -0.641. The average Bonchev–Trinajstić information content (AvgIpc) is 2.84. The van der Waals surface area contributed by atoms with E-state index in [1.165, 1.54) is 0 Å². The van der Waals surface area contributed by atoms with Crippen molar-refractivity contribution >= 4 is 5.91 Å². The Morgan fingerprint density at radius 1 is 1.39 bits per heavy atom. The number of aryl methyl sites for hydroxylation is 1. The van der Waals surface area contributed by atoms with E-state index in [2.05, 4.69) is 18.7 Å². The number of aliphatic hydroxyl groups is 1. The van der Waals surface area contributed by atoms with Gasteiger partial charge in [0.15, 0.2) is 5.76 Å². The van der Waals surface area contributed by atoms with Crippen molar-refractivity contribution in [1.29, 1.82) is 0 Å². The third kappa shape index (κ3) is 4.56. The predicted molar refractivity (Wildman–Crippen MR) is 87.4 cm³/mol. The van der Waals surface area contributed by atoms with E-state index in [0.717, 1.165) is 37.4 Å². The van der Waals surface area contributed by atoms with Crippen LogP contribution in [-0.2, 0) is 17.7 Å². The van der Waals surface area contributed by atoms with Gasteiger partial charge in [-0.05, 0) is 19.2 Å². The minimum Gasteiger partial charge on any atom is -0.456 e. The number of amides is 1. The van der Waals surface area contributed by atoms with E-state index in [9.17, 15) is 9.90 Å². The number of hydrogen-bond donors (Lipinski definition) is 1. The van der Waals surface area contributed by atoms with Crippen molar-refractivity contribution < 1.29 is 19.1 Å². The molecule has 2 rings (SSSR count). The quantitative estimate of drug-likeness (QED) is 0.859. The van der Waals surface area contributed by atoms with Crippen LogP contribution >= 0.6 is 0 Å². The summed E-state index contributed by atoms with van der Waals surface area (Å²) in [5.41, 5.74) is 1.08. The van der Waals surface area contributed by atoms with Crippen LogP contribution in [0, 0.1) is 0 Å². The first kappa shape index (κ1) is 18.0. The molecular weight excluding hydrogens is 296 g/mol. The zero-order valence-corrected chi connectivity index (χ0v) is 14.4. The van der Waals surface area contributed by atoms with E-state index >= 15 is 0 Å². The molecule has 0 aliphatic carbocycles. The van der Waals surface area contributed by atoms with Gasteiger partial charge in [0.05, 0.1) is 19.3 Å². The Morgan fingerprint density at radius 2 is 2.13 bits per heavy atom. The van der Waals surface area contributed by atoms with E-state index in [0.29, 0.717) is 18.9 Å². The minimum absolute atomic E-state index is 0.171. The highest BCUT2D eigenvalue weighted by Gasteiger charge is 2.25. The van der Waals surface area contributed by atoms with Crippen molar-refractivity contribution in [3.8, 4) is 0 Å². The van der Waals surface area contributed by atoms with Crippen LogP contribution in [0.2, 0.25) is 0 Å². The van der Waals surface area contributed by atoms with Gasteiger partial charge in [-0.1, -0.05) is 20.8 Å². The van der Waals surface area contributed by atoms with E-state index in [1.807, 2.05) is 13.0 Å². The molecular formula is C17H28N2O4. The lowest BCUT2D eigenvalue weighted by Crippen LogP contribution is -2.37. The van der Waals surface area contributed by atoms with E-state index in [-0.39, 0.29) is 19.1 Å². The molecule has 6 heteroatoms. The molecule has 2 heterocycles. The van der Waals surface area contributed by atoms with Gasteiger partial charge in [-0.15, -0.1) is 0 Å². The summed E-state index contributed by atoms with van der Waals surface area (Å²) in [4.78, 5) is 16.6. The van der Waals surface area contributed by atoms with Crippen molar-refractivity contribution in [1.82, 2.24) is 9.80 Å². The SMILES string of the molecule is CCc1oc(C(=O)N2CCOC[C@H](O)C2)cc1CN(CC)CC. The number of β-amino-alcohol motifs (C(OH)–C–C–N with tert-alkyl or cyclic N) is 1. The molecule has 1 amide bonds. The van der Waals surface area contributed by atoms with Crippen molar-refractivity contribution in [2.24, 2.45) is 0 Å². The molecule has 1 saturated heterocycles. The van der Waals surface area contributed by atoms with Crippen molar-refractivity contribution in [2.45, 2.75) is 39.8 Å². The zero-order valence-electron chi connectivity index (χ0n) is 14.4. The van der Waals surface area contributed by atoms with Gasteiger partial charge in [0, 0.05) is 31.6 Å². The summed E-state index contributed by atoms with van der Waals surface area (Å²) in [5, 5.41) is 9.79. The molecule has 1 aromatic heterocycles. The zero-order chi connectivity index (χ0) is 16.8. The lowest BCUT2D eigenvalue weighted by Gasteiger charge is -2.19. The molecule has 1 fully saturated rings. The Kier molecular flexibility index (Phi) is 6.62. The summed E-state index contributed by atoms with van der Waals surface area (Å²) < 4.78 is 11.1. The maximum absolute atomic E-state index is 12.7.